The molecule has 38 heavy (non-hydrogen) atoms. The molecule has 0 aliphatic heterocycles. The minimum Gasteiger partial charge on any atom is -0.480 e. The Hall–Kier alpha value is -3.97. The third-order valence-electron chi connectivity index (χ3n) is 6.33. The van der Waals surface area contributed by atoms with E-state index in [-0.39, 0.29) is 12.3 Å². The van der Waals surface area contributed by atoms with E-state index in [2.05, 4.69) is 20.9 Å². The number of hydrogen-bond donors (Lipinski definition) is 8. The van der Waals surface area contributed by atoms with Crippen molar-refractivity contribution in [2.75, 3.05) is 0 Å². The molecule has 6 atom stereocenters. The van der Waals surface area contributed by atoms with Gasteiger partial charge >= 0.3 is 5.97 Å². The molecule has 0 aliphatic rings. The molecule has 208 valence electrons. The molecule has 1 aromatic carbocycles. The van der Waals surface area contributed by atoms with Gasteiger partial charge in [0.1, 0.15) is 18.1 Å². The molecular formula is C25H36N6O7. The van der Waals surface area contributed by atoms with Gasteiger partial charge in [-0.15, -0.1) is 0 Å². The summed E-state index contributed by atoms with van der Waals surface area (Å²) in [7, 11) is 0. The number of H-pyrrole nitrogens is 1. The summed E-state index contributed by atoms with van der Waals surface area (Å²) in [5.74, 6) is -5.23. The second-order valence-corrected chi connectivity index (χ2v) is 9.34. The van der Waals surface area contributed by atoms with E-state index in [1.807, 2.05) is 31.2 Å². The zero-order valence-corrected chi connectivity index (χ0v) is 21.6. The Kier molecular flexibility index (Phi) is 10.8. The number of fused-ring (bicyclic) bond motifs is 1. The Morgan fingerprint density at radius 3 is 2.16 bits per heavy atom. The van der Waals surface area contributed by atoms with Crippen molar-refractivity contribution < 1.29 is 34.2 Å². The van der Waals surface area contributed by atoms with E-state index in [9.17, 15) is 34.2 Å². The summed E-state index contributed by atoms with van der Waals surface area (Å²) in [4.78, 5) is 64.4. The largest absolute Gasteiger partial charge is 0.480 e. The Labute approximate surface area is 219 Å². The van der Waals surface area contributed by atoms with Gasteiger partial charge in [-0.2, -0.15) is 0 Å². The van der Waals surface area contributed by atoms with Crippen LogP contribution in [0.15, 0.2) is 30.5 Å². The van der Waals surface area contributed by atoms with Crippen molar-refractivity contribution in [3.63, 3.8) is 0 Å². The number of carbonyl (C=O) groups is 5. The second-order valence-electron chi connectivity index (χ2n) is 9.34. The monoisotopic (exact) mass is 532 g/mol. The lowest BCUT2D eigenvalue weighted by Gasteiger charge is -2.28. The maximum atomic E-state index is 13.2. The van der Waals surface area contributed by atoms with Gasteiger partial charge in [0.15, 0.2) is 0 Å². The summed E-state index contributed by atoms with van der Waals surface area (Å²) in [5, 5.41) is 27.4. The highest BCUT2D eigenvalue weighted by Crippen LogP contribution is 2.19. The fraction of sp³-hybridized carbons (Fsp3) is 0.480. The molecule has 1 aromatic heterocycles. The molecule has 0 fully saturated rings. The molecular weight excluding hydrogens is 496 g/mol. The molecule has 10 N–H and O–H groups in total. The normalized spacial score (nSPS) is 15.9. The number of aromatic nitrogens is 1. The molecule has 0 saturated heterocycles. The molecule has 13 nitrogen and oxygen atoms in total. The summed E-state index contributed by atoms with van der Waals surface area (Å²) in [6.07, 6.45) is 0.354. The standard InChI is InChI=1S/C25H36N6O7/c1-4-12(2)20(30-22(34)16(26)9-14-11-28-17-8-6-5-7-15(14)17)23(35)31-21(13(3)32)24(36)29-18(25(37)38)10-19(27)33/h5-8,11-13,16,18,20-21,28,32H,4,9-10,26H2,1-3H3,(H2,27,33)(H,29,36)(H,30,34)(H,31,35)(H,37,38). The molecule has 0 spiro atoms. The molecule has 2 aromatic rings. The Bertz CT molecular complexity index is 1160. The van der Waals surface area contributed by atoms with Gasteiger partial charge in [0.2, 0.25) is 23.6 Å². The number of aliphatic hydroxyl groups is 1. The second kappa shape index (κ2) is 13.5. The number of carboxylic acids is 1. The van der Waals surface area contributed by atoms with Gasteiger partial charge in [-0.1, -0.05) is 38.5 Å². The number of aliphatic carboxylic acids is 1. The first-order valence-electron chi connectivity index (χ1n) is 12.3. The van der Waals surface area contributed by atoms with Crippen LogP contribution in [0.2, 0.25) is 0 Å². The molecule has 4 amide bonds. The molecule has 0 aliphatic carbocycles. The lowest BCUT2D eigenvalue weighted by molar-refractivity contribution is -0.144. The molecule has 0 saturated carbocycles. The van der Waals surface area contributed by atoms with Crippen LogP contribution in [0.1, 0.15) is 39.2 Å². The van der Waals surface area contributed by atoms with Gasteiger partial charge in [-0.05, 0) is 30.9 Å². The molecule has 6 unspecified atom stereocenters. The van der Waals surface area contributed by atoms with Crippen molar-refractivity contribution in [1.82, 2.24) is 20.9 Å². The highest BCUT2D eigenvalue weighted by atomic mass is 16.4. The number of amides is 4. The van der Waals surface area contributed by atoms with Crippen molar-refractivity contribution in [2.45, 2.75) is 70.3 Å². The van der Waals surface area contributed by atoms with E-state index >= 15 is 0 Å². The van der Waals surface area contributed by atoms with Gasteiger partial charge in [0.25, 0.3) is 0 Å². The van der Waals surface area contributed by atoms with Crippen LogP contribution >= 0.6 is 0 Å². The van der Waals surface area contributed by atoms with Crippen molar-refractivity contribution in [1.29, 1.82) is 0 Å². The quantitative estimate of drug-likeness (QED) is 0.148. The summed E-state index contributed by atoms with van der Waals surface area (Å²) in [5.41, 5.74) is 12.9. The fourth-order valence-corrected chi connectivity index (χ4v) is 3.90. The predicted molar refractivity (Wildman–Crippen MR) is 138 cm³/mol. The van der Waals surface area contributed by atoms with Gasteiger partial charge in [-0.3, -0.25) is 19.2 Å². The SMILES string of the molecule is CCC(C)C(NC(=O)C(N)Cc1c[nH]c2ccccc12)C(=O)NC(C(=O)NC(CC(N)=O)C(=O)O)C(C)O. The third-order valence-corrected chi connectivity index (χ3v) is 6.33. The van der Waals surface area contributed by atoms with Crippen LogP contribution in [-0.4, -0.2) is 75.1 Å². The van der Waals surface area contributed by atoms with E-state index < -0.39 is 66.3 Å². The highest BCUT2D eigenvalue weighted by Gasteiger charge is 2.34. The van der Waals surface area contributed by atoms with E-state index in [0.717, 1.165) is 16.5 Å². The van der Waals surface area contributed by atoms with Gasteiger partial charge < -0.3 is 42.6 Å². The average Bonchev–Trinajstić information content (AvgIpc) is 3.26. The smallest absolute Gasteiger partial charge is 0.326 e. The van der Waals surface area contributed by atoms with Crippen LogP contribution in [0.5, 0.6) is 0 Å². The van der Waals surface area contributed by atoms with Crippen LogP contribution in [0.25, 0.3) is 10.9 Å². The van der Waals surface area contributed by atoms with Crippen LogP contribution in [0.3, 0.4) is 0 Å². The lowest BCUT2D eigenvalue weighted by atomic mass is 9.96. The predicted octanol–water partition coefficient (Wildman–Crippen LogP) is -1.12. The van der Waals surface area contributed by atoms with Crippen LogP contribution in [-0.2, 0) is 30.4 Å². The number of benzene rings is 1. The number of rotatable bonds is 14. The highest BCUT2D eigenvalue weighted by molar-refractivity contribution is 5.95. The number of nitrogens with one attached hydrogen (secondary N) is 4. The number of aliphatic hydroxyl groups excluding tert-OH is 1. The molecule has 13 heteroatoms. The summed E-state index contributed by atoms with van der Waals surface area (Å²) < 4.78 is 0. The topological polar surface area (TPSA) is 230 Å². The number of carboxylic acid groups (broad SMARTS) is 1. The van der Waals surface area contributed by atoms with E-state index in [1.165, 1.54) is 6.92 Å². The molecule has 1 heterocycles. The Morgan fingerprint density at radius 2 is 1.58 bits per heavy atom. The van der Waals surface area contributed by atoms with Crippen LogP contribution in [0.4, 0.5) is 0 Å². The summed E-state index contributed by atoms with van der Waals surface area (Å²) >= 11 is 0. The third kappa shape index (κ3) is 8.02. The van der Waals surface area contributed by atoms with E-state index in [4.69, 9.17) is 11.5 Å². The maximum absolute atomic E-state index is 13.2. The van der Waals surface area contributed by atoms with Crippen molar-refractivity contribution in [2.24, 2.45) is 17.4 Å². The van der Waals surface area contributed by atoms with E-state index in [0.29, 0.717) is 6.42 Å². The zero-order chi connectivity index (χ0) is 28.6. The molecule has 0 bridgehead atoms. The van der Waals surface area contributed by atoms with Crippen LogP contribution < -0.4 is 27.4 Å². The van der Waals surface area contributed by atoms with Crippen LogP contribution in [0, 0.1) is 5.92 Å². The van der Waals surface area contributed by atoms with E-state index in [1.54, 1.807) is 13.1 Å². The number of hydrogen-bond acceptors (Lipinski definition) is 7. The van der Waals surface area contributed by atoms with Crippen molar-refractivity contribution in [3.05, 3.63) is 36.0 Å². The maximum Gasteiger partial charge on any atom is 0.326 e. The summed E-state index contributed by atoms with van der Waals surface area (Å²) in [6.45, 7) is 4.76. The minimum absolute atomic E-state index is 0.208. The van der Waals surface area contributed by atoms with Crippen molar-refractivity contribution >= 4 is 40.5 Å². The van der Waals surface area contributed by atoms with Gasteiger partial charge in [0, 0.05) is 17.1 Å². The first kappa shape index (κ1) is 30.3. The molecule has 2 rings (SSSR count). The number of aromatic amines is 1. The number of para-hydroxylation sites is 1. The fourth-order valence-electron chi connectivity index (χ4n) is 3.90. The number of nitrogens with two attached hydrogens (primary N) is 2. The molecule has 0 radical (unpaired) electrons. The lowest BCUT2D eigenvalue weighted by Crippen LogP contribution is -2.61. The Morgan fingerprint density at radius 1 is 0.974 bits per heavy atom. The number of primary amides is 1. The van der Waals surface area contributed by atoms with Gasteiger partial charge in [-0.25, -0.2) is 4.79 Å². The van der Waals surface area contributed by atoms with Crippen molar-refractivity contribution in [3.8, 4) is 0 Å². The van der Waals surface area contributed by atoms with Gasteiger partial charge in [0.05, 0.1) is 18.6 Å². The zero-order valence-electron chi connectivity index (χ0n) is 21.6. The summed E-state index contributed by atoms with van der Waals surface area (Å²) in [6, 6.07) is 2.26. The Balaban J connectivity index is 2.13. The first-order chi connectivity index (χ1) is 17.8. The minimum atomic E-state index is -1.65. The average molecular weight is 533 g/mol. The first-order valence-corrected chi connectivity index (χ1v) is 12.3. The number of carbonyl (C=O) groups excluding carboxylic acids is 4.